The van der Waals surface area contributed by atoms with Gasteiger partial charge in [0.15, 0.2) is 5.82 Å². The van der Waals surface area contributed by atoms with Crippen molar-refractivity contribution in [1.29, 1.82) is 0 Å². The minimum atomic E-state index is 0.263. The summed E-state index contributed by atoms with van der Waals surface area (Å²) in [5, 5.41) is 0. The summed E-state index contributed by atoms with van der Waals surface area (Å²) in [4.78, 5) is 15.2. The molecule has 0 aliphatic carbocycles. The fourth-order valence-corrected chi connectivity index (χ4v) is 3.63. The van der Waals surface area contributed by atoms with Crippen LogP contribution in [0.15, 0.2) is 48.8 Å². The second-order valence-electron chi connectivity index (χ2n) is 7.52. The zero-order valence-corrected chi connectivity index (χ0v) is 16.6. The maximum Gasteiger partial charge on any atom is 0.258 e. The van der Waals surface area contributed by atoms with E-state index in [1.54, 1.807) is 18.5 Å². The smallest absolute Gasteiger partial charge is 0.258 e. The van der Waals surface area contributed by atoms with Gasteiger partial charge in [0.25, 0.3) is 5.88 Å². The lowest BCUT2D eigenvalue weighted by molar-refractivity contribution is 0.255. The number of anilines is 2. The molecule has 0 amide bonds. The Morgan fingerprint density at radius 1 is 1.07 bits per heavy atom. The highest BCUT2D eigenvalue weighted by Gasteiger charge is 2.18. The maximum absolute atomic E-state index is 5.95. The molecular formula is C22H26N6O. The van der Waals surface area contributed by atoms with Crippen molar-refractivity contribution < 1.29 is 4.74 Å². The minimum absolute atomic E-state index is 0.263. The van der Waals surface area contributed by atoms with Crippen LogP contribution in [0.2, 0.25) is 0 Å². The van der Waals surface area contributed by atoms with E-state index in [9.17, 15) is 0 Å². The third-order valence-corrected chi connectivity index (χ3v) is 5.38. The number of benzene rings is 1. The first-order chi connectivity index (χ1) is 14.1. The lowest BCUT2D eigenvalue weighted by atomic mass is 9.89. The highest BCUT2D eigenvalue weighted by molar-refractivity contribution is 5.61. The van der Waals surface area contributed by atoms with Gasteiger partial charge in [-0.2, -0.15) is 0 Å². The lowest BCUT2D eigenvalue weighted by Gasteiger charge is -2.29. The summed E-state index contributed by atoms with van der Waals surface area (Å²) in [6.45, 7) is 2.60. The van der Waals surface area contributed by atoms with Crippen LogP contribution in [-0.2, 0) is 6.61 Å². The van der Waals surface area contributed by atoms with E-state index in [4.69, 9.17) is 16.2 Å². The van der Waals surface area contributed by atoms with Crippen LogP contribution < -0.4 is 16.2 Å². The molecule has 7 heteroatoms. The molecule has 0 spiro atoms. The maximum atomic E-state index is 5.95. The van der Waals surface area contributed by atoms with Gasteiger partial charge in [-0.15, -0.1) is 0 Å². The number of nitrogens with two attached hydrogens (primary N) is 2. The molecule has 1 saturated heterocycles. The number of ether oxygens (including phenoxy) is 1. The normalized spacial score (nSPS) is 15.3. The molecule has 4 N–H and O–H groups in total. The number of nitrogen functional groups attached to an aromatic ring is 2. The van der Waals surface area contributed by atoms with E-state index >= 15 is 0 Å². The molecule has 3 heterocycles. The molecular weight excluding hydrogens is 364 g/mol. The molecule has 0 unspecified atom stereocenters. The van der Waals surface area contributed by atoms with Crippen LogP contribution in [0.1, 0.15) is 29.9 Å². The Kier molecular flexibility index (Phi) is 5.57. The molecule has 3 aromatic rings. The van der Waals surface area contributed by atoms with E-state index in [1.807, 2.05) is 6.07 Å². The molecule has 2 aromatic heterocycles. The van der Waals surface area contributed by atoms with Crippen molar-refractivity contribution in [3.8, 4) is 17.1 Å². The molecule has 150 valence electrons. The van der Waals surface area contributed by atoms with Gasteiger partial charge >= 0.3 is 0 Å². The number of hydrogen-bond acceptors (Lipinski definition) is 7. The summed E-state index contributed by atoms with van der Waals surface area (Å²) >= 11 is 0. The first kappa shape index (κ1) is 19.1. The minimum Gasteiger partial charge on any atom is -0.470 e. The highest BCUT2D eigenvalue weighted by atomic mass is 16.5. The van der Waals surface area contributed by atoms with Gasteiger partial charge < -0.3 is 21.1 Å². The van der Waals surface area contributed by atoms with Crippen LogP contribution in [0.5, 0.6) is 5.88 Å². The van der Waals surface area contributed by atoms with E-state index < -0.39 is 0 Å². The summed E-state index contributed by atoms with van der Waals surface area (Å²) in [6, 6.07) is 12.2. The van der Waals surface area contributed by atoms with Crippen molar-refractivity contribution in [2.24, 2.45) is 0 Å². The number of pyridine rings is 1. The standard InChI is InChI=1S/C22H26N6O/c1-28-10-7-17(8-11-28)16-2-4-18(5-3-16)19-13-26-21(24)22(27-19)29-14-15-6-9-25-20(23)12-15/h2-6,9,12-13,17H,7-8,10-11,14H2,1H3,(H2,23,25)(H2,24,26). The third kappa shape index (κ3) is 4.63. The van der Waals surface area contributed by atoms with Crippen molar-refractivity contribution in [3.63, 3.8) is 0 Å². The monoisotopic (exact) mass is 390 g/mol. The second kappa shape index (κ2) is 8.45. The molecule has 7 nitrogen and oxygen atoms in total. The number of likely N-dealkylation sites (tertiary alicyclic amines) is 1. The van der Waals surface area contributed by atoms with Crippen molar-refractivity contribution in [1.82, 2.24) is 19.9 Å². The first-order valence-corrected chi connectivity index (χ1v) is 9.83. The van der Waals surface area contributed by atoms with Gasteiger partial charge in [-0.25, -0.2) is 15.0 Å². The predicted octanol–water partition coefficient (Wildman–Crippen LogP) is 3.09. The Morgan fingerprint density at radius 2 is 1.83 bits per heavy atom. The van der Waals surface area contributed by atoms with Crippen molar-refractivity contribution in [2.75, 3.05) is 31.6 Å². The average Bonchev–Trinajstić information content (AvgIpc) is 2.74. The quantitative estimate of drug-likeness (QED) is 0.690. The molecule has 1 fully saturated rings. The van der Waals surface area contributed by atoms with Crippen molar-refractivity contribution in [2.45, 2.75) is 25.4 Å². The topological polar surface area (TPSA) is 103 Å². The largest absolute Gasteiger partial charge is 0.470 e. The summed E-state index contributed by atoms with van der Waals surface area (Å²) in [7, 11) is 2.18. The summed E-state index contributed by atoms with van der Waals surface area (Å²) in [5.41, 5.74) is 15.7. The van der Waals surface area contributed by atoms with Crippen molar-refractivity contribution >= 4 is 11.6 Å². The predicted molar refractivity (Wildman–Crippen MR) is 114 cm³/mol. The number of piperidine rings is 1. The van der Waals surface area contributed by atoms with Crippen LogP contribution in [0.4, 0.5) is 11.6 Å². The zero-order chi connectivity index (χ0) is 20.2. The van der Waals surface area contributed by atoms with E-state index in [2.05, 4.69) is 51.2 Å². The summed E-state index contributed by atoms with van der Waals surface area (Å²) in [6.07, 6.45) is 5.73. The van der Waals surface area contributed by atoms with Gasteiger partial charge in [-0.05, 0) is 62.2 Å². The molecule has 0 bridgehead atoms. The van der Waals surface area contributed by atoms with E-state index in [0.717, 1.165) is 29.9 Å². The van der Waals surface area contributed by atoms with Crippen LogP contribution >= 0.6 is 0 Å². The summed E-state index contributed by atoms with van der Waals surface area (Å²) in [5.74, 6) is 1.66. The Bertz CT molecular complexity index is 967. The van der Waals surface area contributed by atoms with E-state index in [1.165, 1.54) is 18.4 Å². The molecule has 0 saturated carbocycles. The van der Waals surface area contributed by atoms with Crippen LogP contribution in [-0.4, -0.2) is 40.0 Å². The SMILES string of the molecule is CN1CCC(c2ccc(-c3cnc(N)c(OCc4ccnc(N)c4)n3)cc2)CC1. The highest BCUT2D eigenvalue weighted by Crippen LogP contribution is 2.30. The van der Waals surface area contributed by atoms with Crippen LogP contribution in [0.25, 0.3) is 11.3 Å². The lowest BCUT2D eigenvalue weighted by Crippen LogP contribution is -2.29. The fraction of sp³-hybridized carbons (Fsp3) is 0.318. The Balaban J connectivity index is 1.48. The summed E-state index contributed by atoms with van der Waals surface area (Å²) < 4.78 is 5.78. The van der Waals surface area contributed by atoms with Gasteiger partial charge in [0.2, 0.25) is 0 Å². The van der Waals surface area contributed by atoms with Gasteiger partial charge in [-0.3, -0.25) is 0 Å². The molecule has 1 aliphatic rings. The Labute approximate surface area is 170 Å². The van der Waals surface area contributed by atoms with Crippen LogP contribution in [0.3, 0.4) is 0 Å². The van der Waals surface area contributed by atoms with Crippen LogP contribution in [0, 0.1) is 0 Å². The Hall–Kier alpha value is -3.19. The fourth-order valence-electron chi connectivity index (χ4n) is 3.63. The first-order valence-electron chi connectivity index (χ1n) is 9.83. The number of hydrogen-bond donors (Lipinski definition) is 2. The van der Waals surface area contributed by atoms with Gasteiger partial charge in [0, 0.05) is 11.8 Å². The van der Waals surface area contributed by atoms with E-state index in [0.29, 0.717) is 24.2 Å². The Morgan fingerprint density at radius 3 is 2.55 bits per heavy atom. The number of rotatable bonds is 5. The molecule has 1 aromatic carbocycles. The number of nitrogens with zero attached hydrogens (tertiary/aromatic N) is 4. The third-order valence-electron chi connectivity index (χ3n) is 5.38. The molecule has 0 atom stereocenters. The van der Waals surface area contributed by atoms with Gasteiger partial charge in [0.1, 0.15) is 12.4 Å². The molecule has 0 radical (unpaired) electrons. The van der Waals surface area contributed by atoms with Crippen molar-refractivity contribution in [3.05, 3.63) is 59.9 Å². The van der Waals surface area contributed by atoms with E-state index in [-0.39, 0.29) is 5.82 Å². The molecule has 29 heavy (non-hydrogen) atoms. The van der Waals surface area contributed by atoms with Gasteiger partial charge in [-0.1, -0.05) is 24.3 Å². The second-order valence-corrected chi connectivity index (χ2v) is 7.52. The van der Waals surface area contributed by atoms with Gasteiger partial charge in [0.05, 0.1) is 11.9 Å². The molecule has 1 aliphatic heterocycles. The number of aromatic nitrogens is 3. The average molecular weight is 390 g/mol. The molecule has 4 rings (SSSR count). The zero-order valence-electron chi connectivity index (χ0n) is 16.6.